The predicted molar refractivity (Wildman–Crippen MR) is 82.7 cm³/mol. The molecule has 0 unspecified atom stereocenters. The number of ether oxygens (including phenoxy) is 1. The number of nitro groups is 1. The Hall–Kier alpha value is -1.63. The average molecular weight is 327 g/mol. The fraction of sp³-hybridized carbons (Fsp3) is 0.600. The first-order chi connectivity index (χ1) is 9.96. The van der Waals surface area contributed by atoms with Crippen molar-refractivity contribution in [3.8, 4) is 5.75 Å². The van der Waals surface area contributed by atoms with Crippen molar-refractivity contribution in [3.05, 3.63) is 32.4 Å². The van der Waals surface area contributed by atoms with E-state index in [1.165, 1.54) is 0 Å². The second kappa shape index (κ2) is 5.22. The number of benzene rings is 1. The van der Waals surface area contributed by atoms with Gasteiger partial charge in [-0.2, -0.15) is 0 Å². The highest BCUT2D eigenvalue weighted by molar-refractivity contribution is 7.91. The molecule has 1 aliphatic rings. The molecule has 0 saturated heterocycles. The van der Waals surface area contributed by atoms with Gasteiger partial charge in [0, 0.05) is 4.92 Å². The molecule has 1 aromatic rings. The molecule has 0 bridgehead atoms. The highest BCUT2D eigenvalue weighted by atomic mass is 32.2. The van der Waals surface area contributed by atoms with Gasteiger partial charge in [-0.15, -0.1) is 0 Å². The standard InChI is InChI=1S/C15H21NO5S/c1-9-10(2)14(22(19,20)8-16(17)18)11(3)12-6-7-15(4,5)21-13(9)12/h6-8H2,1-5H3. The van der Waals surface area contributed by atoms with Crippen LogP contribution < -0.4 is 4.74 Å². The van der Waals surface area contributed by atoms with Crippen molar-refractivity contribution in [1.29, 1.82) is 0 Å². The molecule has 0 spiro atoms. The molecule has 0 fully saturated rings. The van der Waals surface area contributed by atoms with Crippen molar-refractivity contribution < 1.29 is 18.1 Å². The molecule has 7 heteroatoms. The van der Waals surface area contributed by atoms with Crippen LogP contribution in [0.15, 0.2) is 4.90 Å². The normalized spacial score (nSPS) is 16.8. The summed E-state index contributed by atoms with van der Waals surface area (Å²) in [6.45, 7) is 9.19. The first-order valence-corrected chi connectivity index (χ1v) is 8.78. The van der Waals surface area contributed by atoms with Crippen LogP contribution in [0.2, 0.25) is 0 Å². The SMILES string of the molecule is Cc1c(C)c(S(=O)(=O)C[N+](=O)[O-])c(C)c2c1OC(C)(C)CC2. The van der Waals surface area contributed by atoms with Gasteiger partial charge in [-0.05, 0) is 69.7 Å². The molecule has 2 rings (SSSR count). The minimum Gasteiger partial charge on any atom is -0.487 e. The minimum atomic E-state index is -3.96. The summed E-state index contributed by atoms with van der Waals surface area (Å²) < 4.78 is 30.8. The lowest BCUT2D eigenvalue weighted by molar-refractivity contribution is -0.458. The van der Waals surface area contributed by atoms with Gasteiger partial charge in [-0.3, -0.25) is 10.1 Å². The molecule has 0 atom stereocenters. The van der Waals surface area contributed by atoms with Gasteiger partial charge in [0.05, 0.1) is 4.90 Å². The molecule has 0 N–H and O–H groups in total. The third-order valence-electron chi connectivity index (χ3n) is 4.25. The number of nitrogens with zero attached hydrogens (tertiary/aromatic N) is 1. The number of hydrogen-bond donors (Lipinski definition) is 0. The predicted octanol–water partition coefficient (Wildman–Crippen LogP) is 2.72. The number of rotatable bonds is 3. The van der Waals surface area contributed by atoms with E-state index in [9.17, 15) is 18.5 Å². The van der Waals surface area contributed by atoms with Crippen molar-refractivity contribution >= 4 is 9.84 Å². The summed E-state index contributed by atoms with van der Waals surface area (Å²) in [4.78, 5) is 9.96. The van der Waals surface area contributed by atoms with E-state index < -0.39 is 20.6 Å². The summed E-state index contributed by atoms with van der Waals surface area (Å²) in [5, 5.41) is 10.7. The number of sulfone groups is 1. The fourth-order valence-corrected chi connectivity index (χ4v) is 4.63. The molecule has 0 aliphatic carbocycles. The van der Waals surface area contributed by atoms with Crippen LogP contribution in [0.3, 0.4) is 0 Å². The van der Waals surface area contributed by atoms with E-state index in [1.807, 2.05) is 13.8 Å². The summed E-state index contributed by atoms with van der Waals surface area (Å²) >= 11 is 0. The Morgan fingerprint density at radius 2 is 1.77 bits per heavy atom. The second-order valence-corrected chi connectivity index (χ2v) is 8.35. The van der Waals surface area contributed by atoms with E-state index in [0.717, 1.165) is 23.3 Å². The van der Waals surface area contributed by atoms with Gasteiger partial charge >= 0.3 is 5.88 Å². The van der Waals surface area contributed by atoms with Crippen LogP contribution in [0.4, 0.5) is 0 Å². The third kappa shape index (κ3) is 2.82. The molecule has 1 aliphatic heterocycles. The van der Waals surface area contributed by atoms with E-state index in [2.05, 4.69) is 0 Å². The third-order valence-corrected chi connectivity index (χ3v) is 6.04. The molecular weight excluding hydrogens is 306 g/mol. The first-order valence-electron chi connectivity index (χ1n) is 7.12. The second-order valence-electron chi connectivity index (χ2n) is 6.45. The molecule has 22 heavy (non-hydrogen) atoms. The zero-order valence-corrected chi connectivity index (χ0v) is 14.3. The first kappa shape index (κ1) is 16.7. The van der Waals surface area contributed by atoms with Crippen LogP contribution in [0.1, 0.15) is 42.5 Å². The maximum absolute atomic E-state index is 12.4. The zero-order valence-electron chi connectivity index (χ0n) is 13.5. The molecule has 6 nitrogen and oxygen atoms in total. The molecule has 122 valence electrons. The van der Waals surface area contributed by atoms with Crippen LogP contribution in [0.5, 0.6) is 5.75 Å². The summed E-state index contributed by atoms with van der Waals surface area (Å²) in [5.74, 6) is -0.356. The van der Waals surface area contributed by atoms with E-state index in [4.69, 9.17) is 4.74 Å². The van der Waals surface area contributed by atoms with E-state index >= 15 is 0 Å². The Morgan fingerprint density at radius 3 is 2.32 bits per heavy atom. The maximum Gasteiger partial charge on any atom is 0.305 e. The highest BCUT2D eigenvalue weighted by Crippen LogP contribution is 2.42. The van der Waals surface area contributed by atoms with Crippen LogP contribution in [-0.4, -0.2) is 24.8 Å². The lowest BCUT2D eigenvalue weighted by Gasteiger charge is -2.35. The van der Waals surface area contributed by atoms with Crippen LogP contribution in [0, 0.1) is 30.9 Å². The summed E-state index contributed by atoms with van der Waals surface area (Å²) in [6, 6.07) is 0. The fourth-order valence-electron chi connectivity index (χ4n) is 3.02. The molecule has 0 saturated carbocycles. The Bertz CT molecular complexity index is 750. The van der Waals surface area contributed by atoms with Gasteiger partial charge in [0.1, 0.15) is 11.4 Å². The maximum atomic E-state index is 12.4. The van der Waals surface area contributed by atoms with E-state index in [1.54, 1.807) is 20.8 Å². The number of fused-ring (bicyclic) bond motifs is 1. The molecular formula is C15H21NO5S. The minimum absolute atomic E-state index is 0.0868. The number of hydrogen-bond acceptors (Lipinski definition) is 5. The average Bonchev–Trinajstić information content (AvgIpc) is 2.33. The summed E-state index contributed by atoms with van der Waals surface area (Å²) in [6.07, 6.45) is 1.48. The Balaban J connectivity index is 2.71. The van der Waals surface area contributed by atoms with Crippen LogP contribution >= 0.6 is 0 Å². The van der Waals surface area contributed by atoms with Gasteiger partial charge < -0.3 is 4.74 Å². The lowest BCUT2D eigenvalue weighted by Crippen LogP contribution is -2.34. The smallest absolute Gasteiger partial charge is 0.305 e. The topological polar surface area (TPSA) is 86.5 Å². The van der Waals surface area contributed by atoms with Gasteiger partial charge in [0.15, 0.2) is 0 Å². The van der Waals surface area contributed by atoms with Gasteiger partial charge in [-0.1, -0.05) is 0 Å². The van der Waals surface area contributed by atoms with E-state index in [-0.39, 0.29) is 10.5 Å². The van der Waals surface area contributed by atoms with Gasteiger partial charge in [0.2, 0.25) is 9.84 Å². The summed E-state index contributed by atoms with van der Waals surface area (Å²) in [7, 11) is -3.96. The molecule has 1 aromatic carbocycles. The van der Waals surface area contributed by atoms with Crippen LogP contribution in [0.25, 0.3) is 0 Å². The van der Waals surface area contributed by atoms with Crippen molar-refractivity contribution in [2.45, 2.75) is 58.0 Å². The van der Waals surface area contributed by atoms with Crippen molar-refractivity contribution in [3.63, 3.8) is 0 Å². The van der Waals surface area contributed by atoms with Crippen molar-refractivity contribution in [1.82, 2.24) is 0 Å². The van der Waals surface area contributed by atoms with Gasteiger partial charge in [0.25, 0.3) is 0 Å². The van der Waals surface area contributed by atoms with Gasteiger partial charge in [-0.25, -0.2) is 8.42 Å². The monoisotopic (exact) mass is 327 g/mol. The Morgan fingerprint density at radius 1 is 1.18 bits per heavy atom. The Kier molecular flexibility index (Phi) is 3.97. The molecule has 1 heterocycles. The van der Waals surface area contributed by atoms with Crippen molar-refractivity contribution in [2.75, 3.05) is 5.88 Å². The van der Waals surface area contributed by atoms with Crippen molar-refractivity contribution in [2.24, 2.45) is 0 Å². The zero-order chi connectivity index (χ0) is 16.9. The quantitative estimate of drug-likeness (QED) is 0.629. The summed E-state index contributed by atoms with van der Waals surface area (Å²) in [5.41, 5.74) is 2.42. The largest absolute Gasteiger partial charge is 0.487 e. The molecule has 0 aromatic heterocycles. The lowest BCUT2D eigenvalue weighted by atomic mass is 9.88. The molecule has 0 amide bonds. The van der Waals surface area contributed by atoms with E-state index in [0.29, 0.717) is 17.5 Å². The van der Waals surface area contributed by atoms with Crippen LogP contribution in [-0.2, 0) is 16.3 Å². The molecule has 0 radical (unpaired) electrons. The highest BCUT2D eigenvalue weighted by Gasteiger charge is 2.34. The Labute approximate surface area is 130 Å².